The van der Waals surface area contributed by atoms with E-state index in [1.54, 1.807) is 13.8 Å². The first-order valence-electron chi connectivity index (χ1n) is 5.74. The fourth-order valence-corrected chi connectivity index (χ4v) is 1.67. The van der Waals surface area contributed by atoms with Crippen molar-refractivity contribution in [3.63, 3.8) is 0 Å². The molecule has 0 saturated carbocycles. The Morgan fingerprint density at radius 2 is 2.16 bits per heavy atom. The number of benzene rings is 1. The highest BCUT2D eigenvalue weighted by molar-refractivity contribution is 5.94. The number of aliphatic hydroxyl groups is 1. The predicted molar refractivity (Wildman–Crippen MR) is 66.3 cm³/mol. The van der Waals surface area contributed by atoms with Crippen LogP contribution < -0.4 is 5.32 Å². The summed E-state index contributed by atoms with van der Waals surface area (Å²) in [6, 6.07) is 2.67. The zero-order valence-electron chi connectivity index (χ0n) is 10.6. The number of amides is 1. The van der Waals surface area contributed by atoms with Gasteiger partial charge in [0.15, 0.2) is 0 Å². The van der Waals surface area contributed by atoms with Gasteiger partial charge in [-0.15, -0.1) is 0 Å². The van der Waals surface area contributed by atoms with Gasteiger partial charge < -0.3 is 10.4 Å². The Hall–Kier alpha value is -2.02. The van der Waals surface area contributed by atoms with Crippen molar-refractivity contribution in [3.8, 4) is 0 Å². The number of nitrogens with one attached hydrogen (secondary N) is 1. The summed E-state index contributed by atoms with van der Waals surface area (Å²) in [6.45, 7) is 3.29. The van der Waals surface area contributed by atoms with Crippen molar-refractivity contribution in [1.82, 2.24) is 5.32 Å². The van der Waals surface area contributed by atoms with E-state index in [4.69, 9.17) is 5.11 Å². The van der Waals surface area contributed by atoms with Gasteiger partial charge in [0.05, 0.1) is 11.0 Å². The predicted octanol–water partition coefficient (Wildman–Crippen LogP) is 1.62. The van der Waals surface area contributed by atoms with Crippen LogP contribution >= 0.6 is 0 Å². The standard InChI is InChI=1S/C12H15FN2O4/c1-7(5-8(2)16)14-12(17)9-3-4-11(15(18)19)10(13)6-9/h3-4,6-8,16H,5H2,1-2H3,(H,14,17). The van der Waals surface area contributed by atoms with Crippen LogP contribution in [0.1, 0.15) is 30.6 Å². The summed E-state index contributed by atoms with van der Waals surface area (Å²) in [6.07, 6.45) is -0.204. The molecular formula is C12H15FN2O4. The van der Waals surface area contributed by atoms with Crippen LogP contribution in [0.5, 0.6) is 0 Å². The van der Waals surface area contributed by atoms with E-state index in [1.807, 2.05) is 0 Å². The van der Waals surface area contributed by atoms with Crippen molar-refractivity contribution in [2.45, 2.75) is 32.4 Å². The normalized spacial score (nSPS) is 13.7. The molecule has 2 N–H and O–H groups in total. The molecule has 1 aromatic rings. The Morgan fingerprint density at radius 3 is 2.63 bits per heavy atom. The van der Waals surface area contributed by atoms with Crippen LogP contribution in [0.25, 0.3) is 0 Å². The lowest BCUT2D eigenvalue weighted by atomic mass is 10.1. The van der Waals surface area contributed by atoms with Crippen LogP contribution in [0.4, 0.5) is 10.1 Å². The van der Waals surface area contributed by atoms with Gasteiger partial charge in [-0.05, 0) is 32.4 Å². The second-order valence-corrected chi connectivity index (χ2v) is 4.38. The molecule has 6 nitrogen and oxygen atoms in total. The van der Waals surface area contributed by atoms with Gasteiger partial charge in [0.2, 0.25) is 5.82 Å². The van der Waals surface area contributed by atoms with Gasteiger partial charge in [0, 0.05) is 17.7 Å². The van der Waals surface area contributed by atoms with Gasteiger partial charge in [-0.2, -0.15) is 4.39 Å². The van der Waals surface area contributed by atoms with E-state index < -0.39 is 28.4 Å². The van der Waals surface area contributed by atoms with Crippen molar-refractivity contribution in [2.75, 3.05) is 0 Å². The Labute approximate surface area is 109 Å². The monoisotopic (exact) mass is 270 g/mol. The Kier molecular flexibility index (Phi) is 4.94. The molecule has 7 heteroatoms. The zero-order valence-corrected chi connectivity index (χ0v) is 10.6. The van der Waals surface area contributed by atoms with Crippen LogP contribution in [0.15, 0.2) is 18.2 Å². The Bertz CT molecular complexity index is 491. The fraction of sp³-hybridized carbons (Fsp3) is 0.417. The lowest BCUT2D eigenvalue weighted by molar-refractivity contribution is -0.387. The molecule has 0 heterocycles. The number of aliphatic hydroxyl groups excluding tert-OH is 1. The van der Waals surface area contributed by atoms with E-state index in [0.29, 0.717) is 6.42 Å². The molecule has 2 unspecified atom stereocenters. The number of halogens is 1. The van der Waals surface area contributed by atoms with Crippen LogP contribution in [0.3, 0.4) is 0 Å². The molecule has 0 bridgehead atoms. The SMILES string of the molecule is CC(O)CC(C)NC(=O)c1ccc([N+](=O)[O-])c(F)c1. The second-order valence-electron chi connectivity index (χ2n) is 4.38. The number of carbonyl (C=O) groups is 1. The third-order valence-electron chi connectivity index (χ3n) is 2.48. The smallest absolute Gasteiger partial charge is 0.304 e. The quantitative estimate of drug-likeness (QED) is 0.628. The van der Waals surface area contributed by atoms with Crippen molar-refractivity contribution in [1.29, 1.82) is 0 Å². The lowest BCUT2D eigenvalue weighted by Gasteiger charge is -2.15. The Morgan fingerprint density at radius 1 is 1.53 bits per heavy atom. The average Bonchev–Trinajstić information content (AvgIpc) is 2.26. The highest BCUT2D eigenvalue weighted by Crippen LogP contribution is 2.18. The minimum Gasteiger partial charge on any atom is -0.393 e. The third-order valence-corrected chi connectivity index (χ3v) is 2.48. The largest absolute Gasteiger partial charge is 0.393 e. The molecule has 0 aliphatic carbocycles. The molecule has 0 aromatic heterocycles. The first kappa shape index (κ1) is 15.0. The number of nitro benzene ring substituents is 1. The molecule has 0 aliphatic heterocycles. The van der Waals surface area contributed by atoms with E-state index in [9.17, 15) is 19.3 Å². The first-order valence-corrected chi connectivity index (χ1v) is 5.74. The minimum absolute atomic E-state index is 0.000503. The van der Waals surface area contributed by atoms with Crippen LogP contribution in [-0.4, -0.2) is 28.1 Å². The van der Waals surface area contributed by atoms with Gasteiger partial charge in [-0.3, -0.25) is 14.9 Å². The summed E-state index contributed by atoms with van der Waals surface area (Å²) in [4.78, 5) is 21.3. The summed E-state index contributed by atoms with van der Waals surface area (Å²) in [5.74, 6) is -1.59. The van der Waals surface area contributed by atoms with Gasteiger partial charge in [0.1, 0.15) is 0 Å². The van der Waals surface area contributed by atoms with Gasteiger partial charge in [-0.25, -0.2) is 0 Å². The summed E-state index contributed by atoms with van der Waals surface area (Å²) < 4.78 is 13.3. The summed E-state index contributed by atoms with van der Waals surface area (Å²) in [7, 11) is 0. The molecule has 0 fully saturated rings. The summed E-state index contributed by atoms with van der Waals surface area (Å²) in [5, 5.41) is 22.2. The number of rotatable bonds is 5. The van der Waals surface area contributed by atoms with Crippen LogP contribution in [-0.2, 0) is 0 Å². The van der Waals surface area contributed by atoms with E-state index in [2.05, 4.69) is 5.32 Å². The topological polar surface area (TPSA) is 92.5 Å². The molecule has 0 saturated heterocycles. The molecule has 19 heavy (non-hydrogen) atoms. The van der Waals surface area contributed by atoms with E-state index in [1.165, 1.54) is 6.07 Å². The van der Waals surface area contributed by atoms with Crippen LogP contribution in [0.2, 0.25) is 0 Å². The molecule has 104 valence electrons. The molecule has 0 spiro atoms. The molecule has 1 aromatic carbocycles. The fourth-order valence-electron chi connectivity index (χ4n) is 1.67. The van der Waals surface area contributed by atoms with E-state index in [0.717, 1.165) is 12.1 Å². The van der Waals surface area contributed by atoms with Crippen molar-refractivity contribution >= 4 is 11.6 Å². The molecule has 2 atom stereocenters. The maximum absolute atomic E-state index is 13.3. The third kappa shape index (κ3) is 4.29. The number of carbonyl (C=O) groups excluding carboxylic acids is 1. The maximum atomic E-state index is 13.3. The van der Waals surface area contributed by atoms with E-state index >= 15 is 0 Å². The molecule has 1 rings (SSSR count). The average molecular weight is 270 g/mol. The highest BCUT2D eigenvalue weighted by atomic mass is 19.1. The lowest BCUT2D eigenvalue weighted by Crippen LogP contribution is -2.34. The molecule has 1 amide bonds. The number of hydrogen-bond acceptors (Lipinski definition) is 4. The van der Waals surface area contributed by atoms with Gasteiger partial charge >= 0.3 is 5.69 Å². The van der Waals surface area contributed by atoms with E-state index in [-0.39, 0.29) is 11.6 Å². The first-order chi connectivity index (χ1) is 8.81. The van der Waals surface area contributed by atoms with Crippen LogP contribution in [0, 0.1) is 15.9 Å². The van der Waals surface area contributed by atoms with Gasteiger partial charge in [0.25, 0.3) is 5.91 Å². The van der Waals surface area contributed by atoms with Crippen molar-refractivity contribution in [2.24, 2.45) is 0 Å². The molecular weight excluding hydrogens is 255 g/mol. The number of nitrogens with zero attached hydrogens (tertiary/aromatic N) is 1. The molecule has 0 aliphatic rings. The number of nitro groups is 1. The molecule has 0 radical (unpaired) electrons. The zero-order chi connectivity index (χ0) is 14.6. The van der Waals surface area contributed by atoms with Crippen molar-refractivity contribution in [3.05, 3.63) is 39.7 Å². The summed E-state index contributed by atoms with van der Waals surface area (Å²) in [5.41, 5.74) is -0.672. The second kappa shape index (κ2) is 6.24. The maximum Gasteiger partial charge on any atom is 0.304 e. The summed E-state index contributed by atoms with van der Waals surface area (Å²) >= 11 is 0. The minimum atomic E-state index is -1.05. The Balaban J connectivity index is 2.78. The van der Waals surface area contributed by atoms with Crippen molar-refractivity contribution < 1.29 is 19.2 Å². The number of hydrogen-bond donors (Lipinski definition) is 2. The highest BCUT2D eigenvalue weighted by Gasteiger charge is 2.17. The van der Waals surface area contributed by atoms with Gasteiger partial charge in [-0.1, -0.05) is 0 Å².